The number of hydrogen-bond acceptors (Lipinski definition) is 6. The summed E-state index contributed by atoms with van der Waals surface area (Å²) in [5.41, 5.74) is 1.17. The molecule has 30 heavy (non-hydrogen) atoms. The molecule has 1 saturated heterocycles. The summed E-state index contributed by atoms with van der Waals surface area (Å²) in [6, 6.07) is 2.36. The van der Waals surface area contributed by atoms with Crippen LogP contribution >= 0.6 is 11.3 Å². The second-order valence-corrected chi connectivity index (χ2v) is 8.40. The first-order chi connectivity index (χ1) is 14.5. The van der Waals surface area contributed by atoms with Crippen molar-refractivity contribution in [1.29, 1.82) is 0 Å². The number of aliphatic hydroxyl groups excluding tert-OH is 1. The number of rotatable bonds is 5. The van der Waals surface area contributed by atoms with Crippen LogP contribution in [0.1, 0.15) is 37.6 Å². The van der Waals surface area contributed by atoms with Crippen LogP contribution < -0.4 is 10.9 Å². The monoisotopic (exact) mass is 428 g/mol. The molecule has 2 amide bonds. The lowest BCUT2D eigenvalue weighted by Gasteiger charge is -2.30. The highest BCUT2D eigenvalue weighted by Gasteiger charge is 2.57. The van der Waals surface area contributed by atoms with E-state index in [9.17, 15) is 19.5 Å². The molecule has 0 spiro atoms. The van der Waals surface area contributed by atoms with E-state index in [0.717, 1.165) is 0 Å². The lowest BCUT2D eigenvalue weighted by molar-refractivity contribution is -0.139. The number of likely N-dealkylation sites (tertiary alicyclic amines) is 1. The average molecular weight is 429 g/mol. The Labute approximate surface area is 177 Å². The Bertz CT molecular complexity index is 1050. The highest BCUT2D eigenvalue weighted by Crippen LogP contribution is 2.49. The number of hydrogen-bond donors (Lipinski definition) is 2. The van der Waals surface area contributed by atoms with Crippen LogP contribution in [0, 0.1) is 11.8 Å². The molecule has 2 aromatic rings. The van der Waals surface area contributed by atoms with Gasteiger partial charge in [-0.15, -0.1) is 11.3 Å². The topological polar surface area (TPSA) is 105 Å². The molecular formula is C21H24N4O4S. The van der Waals surface area contributed by atoms with E-state index in [1.54, 1.807) is 40.1 Å². The van der Waals surface area contributed by atoms with Gasteiger partial charge in [0, 0.05) is 54.2 Å². The maximum atomic E-state index is 13.1. The first-order valence-corrected chi connectivity index (χ1v) is 10.9. The first kappa shape index (κ1) is 20.5. The Kier molecular flexibility index (Phi) is 5.57. The molecular weight excluding hydrogens is 404 g/mol. The summed E-state index contributed by atoms with van der Waals surface area (Å²) in [5, 5.41) is 15.2. The number of aromatic nitrogens is 2. The normalized spacial score (nSPS) is 24.8. The third-order valence-corrected chi connectivity index (χ3v) is 6.66. The molecule has 4 atom stereocenters. The molecule has 0 bridgehead atoms. The number of thiazole rings is 1. The number of amides is 2. The van der Waals surface area contributed by atoms with Crippen LogP contribution in [0.2, 0.25) is 0 Å². The fourth-order valence-corrected chi connectivity index (χ4v) is 5.27. The zero-order chi connectivity index (χ0) is 21.4. The highest BCUT2D eigenvalue weighted by atomic mass is 32.1. The minimum atomic E-state index is -0.819. The molecule has 8 nitrogen and oxygen atoms in total. The van der Waals surface area contributed by atoms with Gasteiger partial charge in [0.1, 0.15) is 6.04 Å². The molecule has 4 heterocycles. The minimum absolute atomic E-state index is 0.121. The van der Waals surface area contributed by atoms with E-state index in [2.05, 4.69) is 10.3 Å². The molecule has 0 aliphatic carbocycles. The van der Waals surface area contributed by atoms with E-state index in [1.807, 2.05) is 19.1 Å². The largest absolute Gasteiger partial charge is 0.396 e. The van der Waals surface area contributed by atoms with Crippen molar-refractivity contribution in [2.24, 2.45) is 11.8 Å². The van der Waals surface area contributed by atoms with Crippen LogP contribution in [-0.2, 0) is 16.1 Å². The van der Waals surface area contributed by atoms with E-state index in [-0.39, 0.29) is 36.3 Å². The number of nitrogens with zero attached hydrogens (tertiary/aromatic N) is 3. The number of allylic oxidation sites excluding steroid dienone is 1. The molecule has 2 aliphatic rings. The summed E-state index contributed by atoms with van der Waals surface area (Å²) in [6.45, 7) is 3.71. The van der Waals surface area contributed by atoms with Gasteiger partial charge in [0.05, 0.1) is 6.04 Å². The van der Waals surface area contributed by atoms with Crippen LogP contribution in [0.5, 0.6) is 0 Å². The van der Waals surface area contributed by atoms with Crippen molar-refractivity contribution in [2.45, 2.75) is 38.9 Å². The molecule has 4 rings (SSSR count). The summed E-state index contributed by atoms with van der Waals surface area (Å²) < 4.78 is 1.68. The number of carbonyl (C=O) groups excluding carboxylic acids is 2. The van der Waals surface area contributed by atoms with Crippen molar-refractivity contribution in [3.63, 3.8) is 0 Å². The number of pyridine rings is 1. The number of anilines is 1. The second-order valence-electron chi connectivity index (χ2n) is 7.51. The van der Waals surface area contributed by atoms with Crippen molar-refractivity contribution in [1.82, 2.24) is 14.5 Å². The number of nitrogens with one attached hydrogen (secondary N) is 1. The van der Waals surface area contributed by atoms with Crippen molar-refractivity contribution in [2.75, 3.05) is 11.9 Å². The summed E-state index contributed by atoms with van der Waals surface area (Å²) in [7, 11) is 0. The molecule has 2 N–H and O–H groups in total. The van der Waals surface area contributed by atoms with Gasteiger partial charge < -0.3 is 19.9 Å². The van der Waals surface area contributed by atoms with E-state index < -0.39 is 18.0 Å². The standard InChI is InChI=1S/C21H24N4O4S/c1-3-5-12-6-7-15-17-13(10-24(15)20(12)29)14(11-26)18(25(17)16(27)4-2)19(28)23-21-22-8-9-30-21/h3,5-9,13-14,17-18,26H,4,10-11H2,1-2H3,(H,22,23,28)/b5-3+/t13-,14-,17+,18-/m0/s1. The van der Waals surface area contributed by atoms with Crippen LogP contribution in [0.25, 0.3) is 6.08 Å². The fourth-order valence-electron chi connectivity index (χ4n) is 4.74. The molecule has 2 aliphatic heterocycles. The van der Waals surface area contributed by atoms with Gasteiger partial charge in [0.25, 0.3) is 5.56 Å². The third-order valence-electron chi connectivity index (χ3n) is 5.97. The Hall–Kier alpha value is -2.78. The summed E-state index contributed by atoms with van der Waals surface area (Å²) in [4.78, 5) is 44.7. The molecule has 2 aromatic heterocycles. The summed E-state index contributed by atoms with van der Waals surface area (Å²) in [6.07, 6.45) is 5.38. The summed E-state index contributed by atoms with van der Waals surface area (Å²) >= 11 is 1.29. The molecule has 0 saturated carbocycles. The predicted molar refractivity (Wildman–Crippen MR) is 114 cm³/mol. The Morgan fingerprint density at radius 2 is 2.20 bits per heavy atom. The average Bonchev–Trinajstić information content (AvgIpc) is 3.44. The van der Waals surface area contributed by atoms with E-state index in [1.165, 1.54) is 11.3 Å². The van der Waals surface area contributed by atoms with Gasteiger partial charge in [-0.05, 0) is 19.1 Å². The van der Waals surface area contributed by atoms with E-state index >= 15 is 0 Å². The lowest BCUT2D eigenvalue weighted by Crippen LogP contribution is -2.48. The molecule has 0 aromatic carbocycles. The van der Waals surface area contributed by atoms with E-state index in [4.69, 9.17) is 0 Å². The van der Waals surface area contributed by atoms with Crippen molar-refractivity contribution >= 4 is 34.4 Å². The molecule has 1 fully saturated rings. The maximum absolute atomic E-state index is 13.1. The van der Waals surface area contributed by atoms with Gasteiger partial charge in [-0.2, -0.15) is 0 Å². The fraction of sp³-hybridized carbons (Fsp3) is 0.429. The second kappa shape index (κ2) is 8.16. The smallest absolute Gasteiger partial charge is 0.258 e. The number of aliphatic hydroxyl groups is 1. The first-order valence-electron chi connectivity index (χ1n) is 10.0. The molecule has 0 unspecified atom stereocenters. The lowest BCUT2D eigenvalue weighted by atomic mass is 9.88. The van der Waals surface area contributed by atoms with Crippen LogP contribution in [0.3, 0.4) is 0 Å². The Morgan fingerprint density at radius 3 is 2.83 bits per heavy atom. The van der Waals surface area contributed by atoms with E-state index in [0.29, 0.717) is 22.9 Å². The van der Waals surface area contributed by atoms with Gasteiger partial charge in [-0.1, -0.05) is 19.1 Å². The minimum Gasteiger partial charge on any atom is -0.396 e. The Morgan fingerprint density at radius 1 is 1.40 bits per heavy atom. The van der Waals surface area contributed by atoms with Crippen molar-refractivity contribution in [3.05, 3.63) is 51.4 Å². The predicted octanol–water partition coefficient (Wildman–Crippen LogP) is 1.88. The summed E-state index contributed by atoms with van der Waals surface area (Å²) in [5.74, 6) is -1.24. The number of carbonyl (C=O) groups is 2. The third kappa shape index (κ3) is 3.18. The zero-order valence-electron chi connectivity index (χ0n) is 16.8. The van der Waals surface area contributed by atoms with Crippen LogP contribution in [0.4, 0.5) is 5.13 Å². The van der Waals surface area contributed by atoms with Gasteiger partial charge >= 0.3 is 0 Å². The zero-order valence-corrected chi connectivity index (χ0v) is 17.6. The van der Waals surface area contributed by atoms with Gasteiger partial charge in [0.2, 0.25) is 11.8 Å². The molecule has 0 radical (unpaired) electrons. The maximum Gasteiger partial charge on any atom is 0.258 e. The highest BCUT2D eigenvalue weighted by molar-refractivity contribution is 7.13. The molecule has 158 valence electrons. The Balaban J connectivity index is 1.77. The van der Waals surface area contributed by atoms with Crippen LogP contribution in [-0.4, -0.2) is 44.0 Å². The SMILES string of the molecule is C/C=C/c1ccc2n(c1=O)C[C@H]1[C@H](CO)[C@@H](C(=O)Nc3nccs3)N(C(=O)CC)[C@@H]21. The quantitative estimate of drug-likeness (QED) is 0.757. The van der Waals surface area contributed by atoms with Crippen LogP contribution in [0.15, 0.2) is 34.6 Å². The van der Waals surface area contributed by atoms with Crippen molar-refractivity contribution in [3.8, 4) is 0 Å². The van der Waals surface area contributed by atoms with Gasteiger partial charge in [0.15, 0.2) is 5.13 Å². The van der Waals surface area contributed by atoms with Gasteiger partial charge in [-0.3, -0.25) is 14.4 Å². The molecule has 9 heteroatoms. The van der Waals surface area contributed by atoms with Crippen molar-refractivity contribution < 1.29 is 14.7 Å². The number of fused-ring (bicyclic) bond motifs is 3. The van der Waals surface area contributed by atoms with Gasteiger partial charge in [-0.25, -0.2) is 4.98 Å².